The molecule has 0 aliphatic heterocycles. The Morgan fingerprint density at radius 2 is 1.77 bits per heavy atom. The Bertz CT molecular complexity index is 991. The van der Waals surface area contributed by atoms with Gasteiger partial charge in [-0.1, -0.05) is 5.16 Å². The monoisotopic (exact) mass is 410 g/mol. The minimum absolute atomic E-state index is 0.190. The van der Waals surface area contributed by atoms with E-state index in [0.29, 0.717) is 29.4 Å². The van der Waals surface area contributed by atoms with E-state index in [4.69, 9.17) is 18.7 Å². The number of hydrogen-bond donors (Lipinski definition) is 1. The van der Waals surface area contributed by atoms with Crippen molar-refractivity contribution in [2.75, 3.05) is 14.2 Å². The van der Waals surface area contributed by atoms with Crippen molar-refractivity contribution in [2.24, 2.45) is 0 Å². The first-order valence-corrected chi connectivity index (χ1v) is 9.60. The first-order valence-electron chi connectivity index (χ1n) is 9.60. The first-order chi connectivity index (χ1) is 14.4. The number of nitrogens with zero attached hydrogens (tertiary/aromatic N) is 1. The summed E-state index contributed by atoms with van der Waals surface area (Å²) >= 11 is 0. The van der Waals surface area contributed by atoms with Crippen LogP contribution in [-0.4, -0.2) is 25.3 Å². The molecule has 2 aromatic carbocycles. The van der Waals surface area contributed by atoms with Gasteiger partial charge in [-0.25, -0.2) is 0 Å². The molecular weight excluding hydrogens is 384 g/mol. The molecule has 7 heteroatoms. The Hall–Kier alpha value is -3.48. The van der Waals surface area contributed by atoms with Gasteiger partial charge in [0.05, 0.1) is 31.5 Å². The number of rotatable bonds is 8. The van der Waals surface area contributed by atoms with Crippen molar-refractivity contribution in [3.63, 3.8) is 0 Å². The summed E-state index contributed by atoms with van der Waals surface area (Å²) in [7, 11) is 3.20. The van der Waals surface area contributed by atoms with Crippen LogP contribution in [0.2, 0.25) is 0 Å². The van der Waals surface area contributed by atoms with E-state index >= 15 is 0 Å². The molecule has 30 heavy (non-hydrogen) atoms. The van der Waals surface area contributed by atoms with Crippen molar-refractivity contribution < 1.29 is 23.5 Å². The smallest absolute Gasteiger partial charge is 0.251 e. The number of nitrogens with one attached hydrogen (secondary N) is 1. The molecule has 0 fully saturated rings. The van der Waals surface area contributed by atoms with Gasteiger partial charge in [-0.2, -0.15) is 0 Å². The minimum atomic E-state index is -0.266. The number of hydrogen-bond acceptors (Lipinski definition) is 6. The molecule has 158 valence electrons. The summed E-state index contributed by atoms with van der Waals surface area (Å²) in [4.78, 5) is 12.7. The number of aryl methyl sites for hydroxylation is 2. The lowest BCUT2D eigenvalue weighted by Gasteiger charge is -2.18. The molecule has 3 rings (SSSR count). The Kier molecular flexibility index (Phi) is 6.61. The third kappa shape index (κ3) is 4.74. The van der Waals surface area contributed by atoms with Crippen LogP contribution in [0.4, 0.5) is 0 Å². The SMILES string of the molecule is COc1ccc(OC)c(C(C)NC(=O)c2ccc(OCc3c(C)noc3C)cc2)c1. The molecule has 1 heterocycles. The molecule has 7 nitrogen and oxygen atoms in total. The van der Waals surface area contributed by atoms with Crippen LogP contribution in [0.25, 0.3) is 0 Å². The summed E-state index contributed by atoms with van der Waals surface area (Å²) in [5.74, 6) is 2.60. The van der Waals surface area contributed by atoms with Crippen molar-refractivity contribution in [1.29, 1.82) is 0 Å². The molecule has 1 atom stereocenters. The van der Waals surface area contributed by atoms with E-state index in [1.165, 1.54) is 0 Å². The third-order valence-corrected chi connectivity index (χ3v) is 4.93. The van der Waals surface area contributed by atoms with Gasteiger partial charge in [0.1, 0.15) is 29.6 Å². The van der Waals surface area contributed by atoms with Crippen LogP contribution in [0.15, 0.2) is 47.0 Å². The minimum Gasteiger partial charge on any atom is -0.497 e. The molecule has 1 unspecified atom stereocenters. The van der Waals surface area contributed by atoms with Crippen LogP contribution in [0.5, 0.6) is 17.2 Å². The maximum atomic E-state index is 12.7. The Balaban J connectivity index is 1.64. The quantitative estimate of drug-likeness (QED) is 0.593. The average molecular weight is 410 g/mol. The standard InChI is InChI=1S/C23H26N2O5/c1-14(20-12-19(27-4)10-11-22(20)28-5)24-23(26)17-6-8-18(9-7-17)29-13-21-15(2)25-30-16(21)3/h6-12,14H,13H2,1-5H3,(H,24,26). The van der Waals surface area contributed by atoms with Crippen molar-refractivity contribution in [3.05, 3.63) is 70.6 Å². The van der Waals surface area contributed by atoms with Crippen molar-refractivity contribution in [2.45, 2.75) is 33.4 Å². The van der Waals surface area contributed by atoms with Gasteiger partial charge in [-0.05, 0) is 63.2 Å². The van der Waals surface area contributed by atoms with Gasteiger partial charge in [0, 0.05) is 11.1 Å². The number of amides is 1. The predicted octanol–water partition coefficient (Wildman–Crippen LogP) is 4.38. The Labute approximate surface area is 175 Å². The fraction of sp³-hybridized carbons (Fsp3) is 0.304. The van der Waals surface area contributed by atoms with Crippen molar-refractivity contribution >= 4 is 5.91 Å². The Morgan fingerprint density at radius 3 is 2.37 bits per heavy atom. The highest BCUT2D eigenvalue weighted by Gasteiger charge is 2.16. The predicted molar refractivity (Wildman–Crippen MR) is 112 cm³/mol. The van der Waals surface area contributed by atoms with E-state index in [0.717, 1.165) is 22.6 Å². The number of methoxy groups -OCH3 is 2. The summed E-state index contributed by atoms with van der Waals surface area (Å²) in [6.07, 6.45) is 0. The van der Waals surface area contributed by atoms with Gasteiger partial charge < -0.3 is 24.1 Å². The molecule has 0 aliphatic rings. The summed E-state index contributed by atoms with van der Waals surface area (Å²) < 4.78 is 21.6. The largest absolute Gasteiger partial charge is 0.497 e. The van der Waals surface area contributed by atoms with Crippen LogP contribution in [0, 0.1) is 13.8 Å². The summed E-state index contributed by atoms with van der Waals surface area (Å²) in [5.41, 5.74) is 3.11. The fourth-order valence-electron chi connectivity index (χ4n) is 3.10. The highest BCUT2D eigenvalue weighted by atomic mass is 16.5. The second-order valence-electron chi connectivity index (χ2n) is 6.92. The lowest BCUT2D eigenvalue weighted by Crippen LogP contribution is -2.26. The van der Waals surface area contributed by atoms with Gasteiger partial charge in [0.15, 0.2) is 0 Å². The number of benzene rings is 2. The maximum Gasteiger partial charge on any atom is 0.251 e. The number of carbonyl (C=O) groups is 1. The summed E-state index contributed by atoms with van der Waals surface area (Å²) in [6.45, 7) is 5.99. The van der Waals surface area contributed by atoms with E-state index in [9.17, 15) is 4.79 Å². The van der Waals surface area contributed by atoms with E-state index in [1.807, 2.05) is 39.0 Å². The molecule has 1 aromatic heterocycles. The maximum absolute atomic E-state index is 12.7. The molecule has 3 aromatic rings. The molecule has 0 bridgehead atoms. The molecule has 0 spiro atoms. The van der Waals surface area contributed by atoms with Crippen LogP contribution in [0.3, 0.4) is 0 Å². The molecular formula is C23H26N2O5. The topological polar surface area (TPSA) is 82.8 Å². The van der Waals surface area contributed by atoms with Gasteiger partial charge in [0.25, 0.3) is 5.91 Å². The third-order valence-electron chi connectivity index (χ3n) is 4.93. The van der Waals surface area contributed by atoms with Crippen LogP contribution in [0.1, 0.15) is 45.9 Å². The summed E-state index contributed by atoms with van der Waals surface area (Å²) in [6, 6.07) is 12.2. The zero-order chi connectivity index (χ0) is 21.7. The van der Waals surface area contributed by atoms with Crippen LogP contribution < -0.4 is 19.5 Å². The summed E-state index contributed by atoms with van der Waals surface area (Å²) in [5, 5.41) is 6.91. The molecule has 0 saturated carbocycles. The second kappa shape index (κ2) is 9.35. The molecule has 0 aliphatic carbocycles. The average Bonchev–Trinajstić information content (AvgIpc) is 3.09. The zero-order valence-corrected chi connectivity index (χ0v) is 17.8. The van der Waals surface area contributed by atoms with Gasteiger partial charge in [0.2, 0.25) is 0 Å². The van der Waals surface area contributed by atoms with Crippen LogP contribution in [-0.2, 0) is 6.61 Å². The zero-order valence-electron chi connectivity index (χ0n) is 17.8. The van der Waals surface area contributed by atoms with E-state index < -0.39 is 0 Å². The van der Waals surface area contributed by atoms with Gasteiger partial charge >= 0.3 is 0 Å². The lowest BCUT2D eigenvalue weighted by atomic mass is 10.1. The van der Waals surface area contributed by atoms with E-state index in [1.54, 1.807) is 38.5 Å². The highest BCUT2D eigenvalue weighted by Crippen LogP contribution is 2.29. The molecule has 1 N–H and O–H groups in total. The fourth-order valence-corrected chi connectivity index (χ4v) is 3.10. The van der Waals surface area contributed by atoms with Gasteiger partial charge in [-0.3, -0.25) is 4.79 Å². The lowest BCUT2D eigenvalue weighted by molar-refractivity contribution is 0.0939. The van der Waals surface area contributed by atoms with Crippen molar-refractivity contribution in [3.8, 4) is 17.2 Å². The van der Waals surface area contributed by atoms with Crippen LogP contribution >= 0.6 is 0 Å². The number of ether oxygens (including phenoxy) is 3. The first kappa shape index (κ1) is 21.2. The van der Waals surface area contributed by atoms with E-state index in [2.05, 4.69) is 10.5 Å². The highest BCUT2D eigenvalue weighted by molar-refractivity contribution is 5.94. The molecule has 1 amide bonds. The second-order valence-corrected chi connectivity index (χ2v) is 6.92. The van der Waals surface area contributed by atoms with Crippen molar-refractivity contribution in [1.82, 2.24) is 10.5 Å². The molecule has 0 radical (unpaired) electrons. The number of aromatic nitrogens is 1. The Morgan fingerprint density at radius 1 is 1.07 bits per heavy atom. The van der Waals surface area contributed by atoms with E-state index in [-0.39, 0.29) is 11.9 Å². The normalized spacial score (nSPS) is 11.6. The molecule has 0 saturated heterocycles. The van der Waals surface area contributed by atoms with Gasteiger partial charge in [-0.15, -0.1) is 0 Å². The number of carbonyl (C=O) groups excluding carboxylic acids is 1.